The molecule has 1 atom stereocenters. The van der Waals surface area contributed by atoms with Crippen molar-refractivity contribution in [1.82, 2.24) is 0 Å². The lowest BCUT2D eigenvalue weighted by molar-refractivity contribution is 0.626. The first-order chi connectivity index (χ1) is 7.99. The molecule has 90 valence electrons. The van der Waals surface area contributed by atoms with Crippen molar-refractivity contribution in [2.75, 3.05) is 0 Å². The molecule has 0 aliphatic heterocycles. The van der Waals surface area contributed by atoms with E-state index in [1.807, 2.05) is 13.0 Å². The number of rotatable bonds is 2. The van der Waals surface area contributed by atoms with Gasteiger partial charge in [0.15, 0.2) is 0 Å². The molecule has 0 nitrogen and oxygen atoms in total. The lowest BCUT2D eigenvalue weighted by atomic mass is 10.1. The number of thiophene rings is 1. The predicted molar refractivity (Wildman–Crippen MR) is 78.6 cm³/mol. The van der Waals surface area contributed by atoms with Crippen LogP contribution in [0.4, 0.5) is 4.39 Å². The minimum Gasteiger partial charge on any atom is -0.207 e. The molecule has 0 bridgehead atoms. The molecule has 0 saturated heterocycles. The van der Waals surface area contributed by atoms with Gasteiger partial charge < -0.3 is 0 Å². The molecular weight excluding hydrogens is 390 g/mol. The zero-order chi connectivity index (χ0) is 12.6. The van der Waals surface area contributed by atoms with Crippen LogP contribution in [0.1, 0.15) is 21.4 Å². The Hall–Kier alpha value is 0.1000. The van der Waals surface area contributed by atoms with Crippen LogP contribution in [-0.4, -0.2) is 0 Å². The van der Waals surface area contributed by atoms with Crippen LogP contribution in [0.5, 0.6) is 0 Å². The highest BCUT2D eigenvalue weighted by atomic mass is 79.9. The first-order valence-corrected chi connectivity index (χ1v) is 7.68. The summed E-state index contributed by atoms with van der Waals surface area (Å²) in [6.45, 7) is 2.03. The van der Waals surface area contributed by atoms with Gasteiger partial charge >= 0.3 is 0 Å². The second kappa shape index (κ2) is 5.39. The standard InChI is InChI=1S/C12H8Br2ClFS/c1-6-9(5-11(14)17-6)12(15)8-3-2-7(16)4-10(8)13/h2-5,12H,1H3. The maximum absolute atomic E-state index is 13.0. The van der Waals surface area contributed by atoms with Crippen molar-refractivity contribution in [3.05, 3.63) is 54.3 Å². The highest BCUT2D eigenvalue weighted by Gasteiger charge is 2.18. The smallest absolute Gasteiger partial charge is 0.124 e. The lowest BCUT2D eigenvalue weighted by Crippen LogP contribution is -1.95. The topological polar surface area (TPSA) is 0 Å². The third-order valence-corrected chi connectivity index (χ3v) is 5.16. The van der Waals surface area contributed by atoms with Crippen LogP contribution in [-0.2, 0) is 0 Å². The van der Waals surface area contributed by atoms with E-state index >= 15 is 0 Å². The molecule has 2 aromatic rings. The van der Waals surface area contributed by atoms with E-state index in [0.717, 1.165) is 19.8 Å². The van der Waals surface area contributed by atoms with E-state index in [1.54, 1.807) is 17.4 Å². The normalized spacial score (nSPS) is 12.8. The fourth-order valence-electron chi connectivity index (χ4n) is 1.58. The van der Waals surface area contributed by atoms with E-state index in [2.05, 4.69) is 31.9 Å². The molecule has 17 heavy (non-hydrogen) atoms. The summed E-state index contributed by atoms with van der Waals surface area (Å²) in [7, 11) is 0. The average molecular weight is 399 g/mol. The summed E-state index contributed by atoms with van der Waals surface area (Å²) in [6.07, 6.45) is 0. The molecule has 1 unspecified atom stereocenters. The molecule has 2 rings (SSSR count). The van der Waals surface area contributed by atoms with Gasteiger partial charge in [-0.2, -0.15) is 0 Å². The van der Waals surface area contributed by atoms with E-state index in [0.29, 0.717) is 4.47 Å². The Morgan fingerprint density at radius 2 is 1.94 bits per heavy atom. The molecule has 0 aliphatic rings. The number of benzene rings is 1. The van der Waals surface area contributed by atoms with Crippen molar-refractivity contribution < 1.29 is 4.39 Å². The molecule has 0 fully saturated rings. The Balaban J connectivity index is 2.43. The molecular formula is C12H8Br2ClFS. The maximum Gasteiger partial charge on any atom is 0.124 e. The highest BCUT2D eigenvalue weighted by molar-refractivity contribution is 9.11. The first-order valence-electron chi connectivity index (χ1n) is 4.84. The lowest BCUT2D eigenvalue weighted by Gasteiger charge is -2.11. The third-order valence-electron chi connectivity index (χ3n) is 2.43. The van der Waals surface area contributed by atoms with Crippen LogP contribution in [0.3, 0.4) is 0 Å². The zero-order valence-electron chi connectivity index (χ0n) is 8.81. The molecule has 0 radical (unpaired) electrons. The summed E-state index contributed by atoms with van der Waals surface area (Å²) in [4.78, 5) is 1.16. The molecule has 0 aliphatic carbocycles. The monoisotopic (exact) mass is 396 g/mol. The fourth-order valence-corrected chi connectivity index (χ4v) is 4.53. The maximum atomic E-state index is 13.0. The quantitative estimate of drug-likeness (QED) is 0.540. The van der Waals surface area contributed by atoms with Crippen molar-refractivity contribution >= 4 is 54.8 Å². The minimum absolute atomic E-state index is 0.271. The molecule has 1 heterocycles. The van der Waals surface area contributed by atoms with Crippen molar-refractivity contribution in [3.8, 4) is 0 Å². The van der Waals surface area contributed by atoms with Gasteiger partial charge in [0.25, 0.3) is 0 Å². The van der Waals surface area contributed by atoms with Gasteiger partial charge in [0.1, 0.15) is 5.82 Å². The Morgan fingerprint density at radius 1 is 1.24 bits per heavy atom. The van der Waals surface area contributed by atoms with E-state index in [4.69, 9.17) is 11.6 Å². The summed E-state index contributed by atoms with van der Waals surface area (Å²) in [5.74, 6) is -0.271. The van der Waals surface area contributed by atoms with Crippen LogP contribution in [0.2, 0.25) is 0 Å². The van der Waals surface area contributed by atoms with Crippen LogP contribution < -0.4 is 0 Å². The number of hydrogen-bond donors (Lipinski definition) is 0. The SMILES string of the molecule is Cc1sc(Br)cc1C(Cl)c1ccc(F)cc1Br. The van der Waals surface area contributed by atoms with Gasteiger partial charge in [-0.1, -0.05) is 22.0 Å². The molecule has 1 aromatic heterocycles. The molecule has 5 heteroatoms. The molecule has 0 spiro atoms. The average Bonchev–Trinajstić information content (AvgIpc) is 2.57. The third kappa shape index (κ3) is 2.92. The Bertz CT molecular complexity index is 553. The first kappa shape index (κ1) is 13.5. The van der Waals surface area contributed by atoms with E-state index in [-0.39, 0.29) is 11.2 Å². The van der Waals surface area contributed by atoms with Crippen molar-refractivity contribution in [2.24, 2.45) is 0 Å². The van der Waals surface area contributed by atoms with Crippen LogP contribution >= 0.6 is 54.8 Å². The number of hydrogen-bond acceptors (Lipinski definition) is 1. The Labute approximate surface area is 125 Å². The second-order valence-corrected chi connectivity index (χ2v) is 7.52. The van der Waals surface area contributed by atoms with Crippen molar-refractivity contribution in [2.45, 2.75) is 12.3 Å². The largest absolute Gasteiger partial charge is 0.207 e. The van der Waals surface area contributed by atoms with Gasteiger partial charge in [-0.25, -0.2) is 4.39 Å². The minimum atomic E-state index is -0.271. The van der Waals surface area contributed by atoms with Gasteiger partial charge in [-0.15, -0.1) is 22.9 Å². The van der Waals surface area contributed by atoms with E-state index < -0.39 is 0 Å². The Morgan fingerprint density at radius 3 is 2.47 bits per heavy atom. The van der Waals surface area contributed by atoms with Gasteiger partial charge in [-0.3, -0.25) is 0 Å². The van der Waals surface area contributed by atoms with E-state index in [1.165, 1.54) is 12.1 Å². The summed E-state index contributed by atoms with van der Waals surface area (Å²) in [5, 5.41) is -0.271. The summed E-state index contributed by atoms with van der Waals surface area (Å²) < 4.78 is 14.8. The van der Waals surface area contributed by atoms with Crippen molar-refractivity contribution in [1.29, 1.82) is 0 Å². The number of aryl methyl sites for hydroxylation is 1. The number of halogens is 4. The van der Waals surface area contributed by atoms with Crippen LogP contribution in [0, 0.1) is 12.7 Å². The molecule has 0 N–H and O–H groups in total. The zero-order valence-corrected chi connectivity index (χ0v) is 13.6. The second-order valence-electron chi connectivity index (χ2n) is 3.59. The number of alkyl halides is 1. The summed E-state index contributed by atoms with van der Waals surface area (Å²) in [6, 6.07) is 6.57. The molecule has 0 saturated carbocycles. The fraction of sp³-hybridized carbons (Fsp3) is 0.167. The Kier molecular flexibility index (Phi) is 4.29. The van der Waals surface area contributed by atoms with Gasteiger partial charge in [0, 0.05) is 9.35 Å². The van der Waals surface area contributed by atoms with Gasteiger partial charge in [0.2, 0.25) is 0 Å². The molecule has 0 amide bonds. The highest BCUT2D eigenvalue weighted by Crippen LogP contribution is 2.39. The van der Waals surface area contributed by atoms with E-state index in [9.17, 15) is 4.39 Å². The van der Waals surface area contributed by atoms with Crippen LogP contribution in [0.25, 0.3) is 0 Å². The van der Waals surface area contributed by atoms with Gasteiger partial charge in [0.05, 0.1) is 9.16 Å². The molecule has 1 aromatic carbocycles. The summed E-state index contributed by atoms with van der Waals surface area (Å²) in [5.41, 5.74) is 1.93. The van der Waals surface area contributed by atoms with Crippen LogP contribution in [0.15, 0.2) is 32.5 Å². The van der Waals surface area contributed by atoms with Gasteiger partial charge in [-0.05, 0) is 52.2 Å². The summed E-state index contributed by atoms with van der Waals surface area (Å²) >= 11 is 14.9. The van der Waals surface area contributed by atoms with Crippen molar-refractivity contribution in [3.63, 3.8) is 0 Å². The predicted octanol–water partition coefficient (Wildman–Crippen LogP) is 6.05.